The van der Waals surface area contributed by atoms with Gasteiger partial charge in [0.2, 0.25) is 0 Å². The number of hydrogen-bond acceptors (Lipinski definition) is 3. The Hall–Kier alpha value is 1.26. The Morgan fingerprint density at radius 1 is 0.667 bits per heavy atom. The van der Waals surface area contributed by atoms with E-state index < -0.39 is 13.1 Å². The van der Waals surface area contributed by atoms with Crippen molar-refractivity contribution >= 4 is 35.1 Å². The van der Waals surface area contributed by atoms with Crippen molar-refractivity contribution in [1.29, 1.82) is 0 Å². The van der Waals surface area contributed by atoms with Gasteiger partial charge in [0.15, 0.2) is 0 Å². The predicted molar refractivity (Wildman–Crippen MR) is 121 cm³/mol. The molecule has 0 fully saturated rings. The number of unbranched alkanes of at least 4 members (excludes halogenated alkanes) is 3. The van der Waals surface area contributed by atoms with Crippen molar-refractivity contribution in [3.63, 3.8) is 0 Å². The van der Waals surface area contributed by atoms with Crippen LogP contribution >= 0.6 is 26.3 Å². The molecule has 0 aliphatic carbocycles. The summed E-state index contributed by atoms with van der Waals surface area (Å²) >= 11 is 2.99. The maximum absolute atomic E-state index is 5.63. The summed E-state index contributed by atoms with van der Waals surface area (Å²) in [4.78, 5) is 0. The van der Waals surface area contributed by atoms with Crippen molar-refractivity contribution in [2.24, 2.45) is 0 Å². The van der Waals surface area contributed by atoms with Crippen molar-refractivity contribution in [3.05, 3.63) is 0 Å². The Morgan fingerprint density at radius 2 is 1.00 bits per heavy atom. The third-order valence-electron chi connectivity index (χ3n) is 5.34. The van der Waals surface area contributed by atoms with Gasteiger partial charge >= 0.3 is 166 Å². The van der Waals surface area contributed by atoms with E-state index in [1.165, 1.54) is 69.6 Å². The summed E-state index contributed by atoms with van der Waals surface area (Å²) in [6.07, 6.45) is 15.0. The van der Waals surface area contributed by atoms with Gasteiger partial charge in [0.05, 0.1) is 0 Å². The first-order valence-corrected chi connectivity index (χ1v) is 17.4. The van der Waals surface area contributed by atoms with Crippen LogP contribution in [-0.4, -0.2) is 54.8 Å². The molecule has 0 saturated carbocycles. The molecule has 0 spiro atoms. The Morgan fingerprint density at radius 3 is 1.29 bits per heavy atom. The molecule has 0 atom stereocenters. The van der Waals surface area contributed by atoms with Crippen molar-refractivity contribution < 1.29 is 13.3 Å². The van der Waals surface area contributed by atoms with Crippen molar-refractivity contribution in [3.8, 4) is 0 Å². The van der Waals surface area contributed by atoms with Crippen molar-refractivity contribution in [2.45, 2.75) is 71.8 Å². The van der Waals surface area contributed by atoms with E-state index in [0.717, 1.165) is 6.04 Å². The second-order valence-corrected chi connectivity index (χ2v) is 23.9. The fourth-order valence-corrected chi connectivity index (χ4v) is 15.3. The van der Waals surface area contributed by atoms with Crippen LogP contribution in [0.15, 0.2) is 0 Å². The fourth-order valence-electron chi connectivity index (χ4n) is 3.58. The molecule has 0 amide bonds. The van der Waals surface area contributed by atoms with Crippen LogP contribution in [0.1, 0.15) is 65.7 Å². The van der Waals surface area contributed by atoms with Crippen molar-refractivity contribution in [2.75, 3.05) is 46.0 Å². The molecular formula is C18H42IO3PSi. The van der Waals surface area contributed by atoms with Crippen LogP contribution in [-0.2, 0) is 13.3 Å². The summed E-state index contributed by atoms with van der Waals surface area (Å²) in [7, 11) is 2.77. The third kappa shape index (κ3) is 8.30. The Labute approximate surface area is 165 Å². The first kappa shape index (κ1) is 25.3. The zero-order valence-electron chi connectivity index (χ0n) is 17.0. The summed E-state index contributed by atoms with van der Waals surface area (Å²) in [5, 5.41) is 0. The van der Waals surface area contributed by atoms with Crippen LogP contribution in [0, 0.1) is 0 Å². The van der Waals surface area contributed by atoms with E-state index in [9.17, 15) is 0 Å². The zero-order chi connectivity index (χ0) is 18.6. The second kappa shape index (κ2) is 12.6. The first-order chi connectivity index (χ1) is 11.4. The monoisotopic (exact) mass is 492 g/mol. The fraction of sp³-hybridized carbons (Fsp3) is 1.00. The molecule has 0 radical (unpaired) electrons. The van der Waals surface area contributed by atoms with Gasteiger partial charge < -0.3 is 0 Å². The molecule has 0 aromatic carbocycles. The van der Waals surface area contributed by atoms with E-state index in [1.54, 1.807) is 21.3 Å². The minimum absolute atomic E-state index is 0.946. The zero-order valence-corrected chi connectivity index (χ0v) is 21.1. The van der Waals surface area contributed by atoms with Gasteiger partial charge in [-0.15, -0.1) is 0 Å². The molecule has 0 aromatic heterocycles. The van der Waals surface area contributed by atoms with Crippen LogP contribution in [0.4, 0.5) is 0 Å². The molecule has 6 heteroatoms. The summed E-state index contributed by atoms with van der Waals surface area (Å²) in [6, 6.07) is 0.946. The van der Waals surface area contributed by atoms with E-state index in [-0.39, 0.29) is 0 Å². The van der Waals surface area contributed by atoms with Gasteiger partial charge in [0.1, 0.15) is 0 Å². The molecule has 0 bridgehead atoms. The number of rotatable bonds is 16. The summed E-state index contributed by atoms with van der Waals surface area (Å²) < 4.78 is 15.2. The summed E-state index contributed by atoms with van der Waals surface area (Å²) in [6.45, 7) is 6.99. The van der Waals surface area contributed by atoms with Gasteiger partial charge in [0, 0.05) is 0 Å². The molecule has 0 aromatic rings. The number of halogens is 1. The van der Waals surface area contributed by atoms with E-state index in [2.05, 4.69) is 42.8 Å². The van der Waals surface area contributed by atoms with E-state index in [4.69, 9.17) is 13.3 Å². The van der Waals surface area contributed by atoms with Gasteiger partial charge in [-0.05, 0) is 0 Å². The van der Waals surface area contributed by atoms with Gasteiger partial charge in [-0.25, -0.2) is 0 Å². The first-order valence-electron chi connectivity index (χ1n) is 9.75. The van der Waals surface area contributed by atoms with E-state index >= 15 is 0 Å². The molecule has 24 heavy (non-hydrogen) atoms. The van der Waals surface area contributed by atoms with E-state index in [1.807, 2.05) is 0 Å². The molecule has 0 saturated heterocycles. The van der Waals surface area contributed by atoms with E-state index in [0.29, 0.717) is 0 Å². The van der Waals surface area contributed by atoms with Crippen LogP contribution in [0.25, 0.3) is 0 Å². The van der Waals surface area contributed by atoms with Crippen LogP contribution in [0.3, 0.4) is 0 Å². The van der Waals surface area contributed by atoms with Gasteiger partial charge in [0.25, 0.3) is 0 Å². The molecule has 0 N–H and O–H groups in total. The molecule has 148 valence electrons. The normalized spacial score (nSPS) is 14.5. The molecular weight excluding hydrogens is 450 g/mol. The maximum atomic E-state index is 5.63. The Balaban J connectivity index is 5.13. The number of hydrogen-bond donors (Lipinski definition) is 0. The average Bonchev–Trinajstić information content (AvgIpc) is 2.61. The molecule has 0 aliphatic heterocycles. The molecule has 0 aliphatic rings. The molecule has 0 unspecified atom stereocenters. The average molecular weight is 492 g/mol. The van der Waals surface area contributed by atoms with Gasteiger partial charge in [-0.1, -0.05) is 0 Å². The second-order valence-electron chi connectivity index (χ2n) is 7.17. The van der Waals surface area contributed by atoms with Crippen molar-refractivity contribution in [1.82, 2.24) is 0 Å². The summed E-state index contributed by atoms with van der Waals surface area (Å²) in [5.41, 5.74) is 0. The minimum atomic E-state index is -2.43. The summed E-state index contributed by atoms with van der Waals surface area (Å²) in [5.74, 6) is 0. The standard InChI is InChI=1S/C18H42IO3PSi/c1-7-10-14-23(19,15-11-8-2,16-12-9-3)17-13-18-24(20-4,21-5)22-6/h7-18H2,1-6H3. The SMILES string of the molecule is CCCCP(I)(CCCC)(CCCC)CCC[Si](OC)(OC)OC. The molecule has 3 nitrogen and oxygen atoms in total. The Kier molecular flexibility index (Phi) is 13.3. The predicted octanol–water partition coefficient (Wildman–Crippen LogP) is 6.56. The topological polar surface area (TPSA) is 27.7 Å². The third-order valence-corrected chi connectivity index (χ3v) is 19.7. The molecule has 0 rings (SSSR count). The Bertz CT molecular complexity index is 295. The van der Waals surface area contributed by atoms with Crippen LogP contribution in [0.2, 0.25) is 6.04 Å². The van der Waals surface area contributed by atoms with Crippen LogP contribution in [0.5, 0.6) is 0 Å². The quantitative estimate of drug-likeness (QED) is 0.139. The van der Waals surface area contributed by atoms with Gasteiger partial charge in [-0.2, -0.15) is 0 Å². The molecule has 0 heterocycles. The van der Waals surface area contributed by atoms with Gasteiger partial charge in [-0.3, -0.25) is 0 Å². The van der Waals surface area contributed by atoms with Crippen LogP contribution < -0.4 is 0 Å².